The second kappa shape index (κ2) is 4.19. The molecule has 2 aromatic rings. The quantitative estimate of drug-likeness (QED) is 0.777. The highest BCUT2D eigenvalue weighted by Crippen LogP contribution is 2.30. The van der Waals surface area contributed by atoms with Crippen molar-refractivity contribution < 1.29 is 4.39 Å². The summed E-state index contributed by atoms with van der Waals surface area (Å²) < 4.78 is 15.0. The molecule has 0 saturated carbocycles. The van der Waals surface area contributed by atoms with Gasteiger partial charge in [-0.25, -0.2) is 9.37 Å². The number of nitrogens with zero attached hydrogens (tertiary/aromatic N) is 2. The highest BCUT2D eigenvalue weighted by molar-refractivity contribution is 5.74. The van der Waals surface area contributed by atoms with Crippen LogP contribution in [0.3, 0.4) is 0 Å². The van der Waals surface area contributed by atoms with Gasteiger partial charge in [0.25, 0.3) is 5.56 Å². The van der Waals surface area contributed by atoms with E-state index < -0.39 is 0 Å². The Morgan fingerprint density at radius 3 is 2.61 bits per heavy atom. The maximum absolute atomic E-state index is 13.4. The second-order valence-corrected chi connectivity index (χ2v) is 5.64. The first kappa shape index (κ1) is 12.7. The molecule has 0 aliphatic rings. The number of fused-ring (bicyclic) bond motifs is 1. The van der Waals surface area contributed by atoms with Crippen molar-refractivity contribution in [3.8, 4) is 0 Å². The molecule has 18 heavy (non-hydrogen) atoms. The van der Waals surface area contributed by atoms with Gasteiger partial charge in [0.15, 0.2) is 0 Å². The van der Waals surface area contributed by atoms with E-state index in [0.717, 1.165) is 0 Å². The molecular formula is C14H17FN2O. The number of hydrogen-bond acceptors (Lipinski definition) is 2. The maximum atomic E-state index is 13.4. The topological polar surface area (TPSA) is 34.9 Å². The number of halogens is 1. The van der Waals surface area contributed by atoms with Crippen molar-refractivity contribution in [2.75, 3.05) is 0 Å². The average Bonchev–Trinajstić information content (AvgIpc) is 2.26. The molecule has 3 nitrogen and oxygen atoms in total. The summed E-state index contributed by atoms with van der Waals surface area (Å²) in [5.74, 6) is -0.357. The van der Waals surface area contributed by atoms with Gasteiger partial charge in [-0.3, -0.25) is 4.79 Å². The Hall–Kier alpha value is -1.71. The van der Waals surface area contributed by atoms with Crippen molar-refractivity contribution in [3.63, 3.8) is 0 Å². The van der Waals surface area contributed by atoms with E-state index in [-0.39, 0.29) is 22.8 Å². The van der Waals surface area contributed by atoms with Gasteiger partial charge in [-0.1, -0.05) is 20.8 Å². The molecule has 1 atom stereocenters. The molecule has 1 unspecified atom stereocenters. The van der Waals surface area contributed by atoms with Crippen LogP contribution in [0.1, 0.15) is 33.7 Å². The summed E-state index contributed by atoms with van der Waals surface area (Å²) in [7, 11) is 0. The third kappa shape index (κ3) is 2.15. The SMILES string of the molecule is CC(n1c(=O)cnc2ccc(F)cc21)C(C)(C)C. The predicted octanol–water partition coefficient (Wildman–Crippen LogP) is 3.14. The molecule has 1 aromatic carbocycles. The fourth-order valence-corrected chi connectivity index (χ4v) is 1.89. The largest absolute Gasteiger partial charge is 0.302 e. The average molecular weight is 248 g/mol. The molecule has 4 heteroatoms. The van der Waals surface area contributed by atoms with Gasteiger partial charge < -0.3 is 4.57 Å². The Kier molecular flexibility index (Phi) is 2.97. The second-order valence-electron chi connectivity index (χ2n) is 5.64. The zero-order valence-corrected chi connectivity index (χ0v) is 11.1. The third-order valence-electron chi connectivity index (χ3n) is 3.39. The molecule has 0 fully saturated rings. The van der Waals surface area contributed by atoms with E-state index in [4.69, 9.17) is 0 Å². The van der Waals surface area contributed by atoms with Gasteiger partial charge in [0.05, 0.1) is 17.2 Å². The van der Waals surface area contributed by atoms with Crippen LogP contribution in [0.4, 0.5) is 4.39 Å². The summed E-state index contributed by atoms with van der Waals surface area (Å²) in [6.45, 7) is 8.12. The fraction of sp³-hybridized carbons (Fsp3) is 0.429. The van der Waals surface area contributed by atoms with E-state index in [1.807, 2.05) is 6.92 Å². The van der Waals surface area contributed by atoms with E-state index in [1.54, 1.807) is 10.6 Å². The van der Waals surface area contributed by atoms with Crippen LogP contribution in [0.25, 0.3) is 11.0 Å². The summed E-state index contributed by atoms with van der Waals surface area (Å²) in [5, 5.41) is 0. The molecule has 1 aromatic heterocycles. The Morgan fingerprint density at radius 2 is 2.00 bits per heavy atom. The minimum absolute atomic E-state index is 0.0442. The van der Waals surface area contributed by atoms with Gasteiger partial charge in [0, 0.05) is 6.04 Å². The molecule has 1 heterocycles. The molecule has 0 aliphatic heterocycles. The van der Waals surface area contributed by atoms with Crippen molar-refractivity contribution in [1.29, 1.82) is 0 Å². The minimum atomic E-state index is -0.357. The summed E-state index contributed by atoms with van der Waals surface area (Å²) in [4.78, 5) is 16.1. The van der Waals surface area contributed by atoms with Crippen LogP contribution in [0, 0.1) is 11.2 Å². The highest BCUT2D eigenvalue weighted by Gasteiger charge is 2.24. The molecule has 0 spiro atoms. The summed E-state index contributed by atoms with van der Waals surface area (Å²) in [6.07, 6.45) is 1.29. The van der Waals surface area contributed by atoms with Gasteiger partial charge in [-0.2, -0.15) is 0 Å². The predicted molar refractivity (Wildman–Crippen MR) is 70.1 cm³/mol. The van der Waals surface area contributed by atoms with Crippen molar-refractivity contribution in [2.24, 2.45) is 5.41 Å². The van der Waals surface area contributed by atoms with Gasteiger partial charge in [0.1, 0.15) is 5.82 Å². The van der Waals surface area contributed by atoms with Crippen molar-refractivity contribution >= 4 is 11.0 Å². The van der Waals surface area contributed by atoms with Gasteiger partial charge in [0.2, 0.25) is 0 Å². The Balaban J connectivity index is 2.79. The number of benzene rings is 1. The molecule has 96 valence electrons. The minimum Gasteiger partial charge on any atom is -0.302 e. The zero-order valence-electron chi connectivity index (χ0n) is 11.1. The fourth-order valence-electron chi connectivity index (χ4n) is 1.89. The van der Waals surface area contributed by atoms with Gasteiger partial charge in [-0.05, 0) is 30.5 Å². The molecule has 0 radical (unpaired) electrons. The summed E-state index contributed by atoms with van der Waals surface area (Å²) >= 11 is 0. The number of aromatic nitrogens is 2. The van der Waals surface area contributed by atoms with Crippen LogP contribution in [0.5, 0.6) is 0 Å². The van der Waals surface area contributed by atoms with Crippen LogP contribution >= 0.6 is 0 Å². The Labute approximate surface area is 105 Å². The Morgan fingerprint density at radius 1 is 1.33 bits per heavy atom. The lowest BCUT2D eigenvalue weighted by atomic mass is 9.87. The van der Waals surface area contributed by atoms with Gasteiger partial charge >= 0.3 is 0 Å². The van der Waals surface area contributed by atoms with Crippen LogP contribution in [0.15, 0.2) is 29.2 Å². The standard InChI is InChI=1S/C14H17FN2O/c1-9(14(2,3)4)17-12-7-10(15)5-6-11(12)16-8-13(17)18/h5-9H,1-4H3. The van der Waals surface area contributed by atoms with E-state index in [9.17, 15) is 9.18 Å². The molecular weight excluding hydrogens is 231 g/mol. The van der Waals surface area contributed by atoms with E-state index >= 15 is 0 Å². The van der Waals surface area contributed by atoms with Crippen molar-refractivity contribution in [3.05, 3.63) is 40.6 Å². The van der Waals surface area contributed by atoms with Crippen LogP contribution < -0.4 is 5.56 Å². The smallest absolute Gasteiger partial charge is 0.269 e. The number of rotatable bonds is 1. The molecule has 0 aliphatic carbocycles. The first-order valence-electron chi connectivity index (χ1n) is 5.97. The summed E-state index contributed by atoms with van der Waals surface area (Å²) in [6, 6.07) is 4.27. The van der Waals surface area contributed by atoms with Crippen LogP contribution in [0.2, 0.25) is 0 Å². The molecule has 0 saturated heterocycles. The summed E-state index contributed by atoms with van der Waals surface area (Å²) in [5.41, 5.74) is 0.886. The third-order valence-corrected chi connectivity index (χ3v) is 3.39. The van der Waals surface area contributed by atoms with E-state index in [1.165, 1.54) is 18.3 Å². The van der Waals surface area contributed by atoms with E-state index in [2.05, 4.69) is 25.8 Å². The maximum Gasteiger partial charge on any atom is 0.269 e. The lowest BCUT2D eigenvalue weighted by molar-refractivity contribution is 0.263. The molecule has 0 bridgehead atoms. The Bertz CT molecular complexity index is 640. The van der Waals surface area contributed by atoms with E-state index in [0.29, 0.717) is 11.0 Å². The normalized spacial score (nSPS) is 13.8. The lowest BCUT2D eigenvalue weighted by Gasteiger charge is -2.30. The lowest BCUT2D eigenvalue weighted by Crippen LogP contribution is -2.31. The van der Waals surface area contributed by atoms with Crippen LogP contribution in [-0.4, -0.2) is 9.55 Å². The van der Waals surface area contributed by atoms with Crippen LogP contribution in [-0.2, 0) is 0 Å². The first-order chi connectivity index (χ1) is 8.30. The molecule has 0 N–H and O–H groups in total. The molecule has 2 rings (SSSR count). The first-order valence-corrected chi connectivity index (χ1v) is 5.97. The molecule has 0 amide bonds. The monoisotopic (exact) mass is 248 g/mol. The number of hydrogen-bond donors (Lipinski definition) is 0. The van der Waals surface area contributed by atoms with Crippen molar-refractivity contribution in [2.45, 2.75) is 33.7 Å². The zero-order chi connectivity index (χ0) is 13.5. The van der Waals surface area contributed by atoms with Crippen molar-refractivity contribution in [1.82, 2.24) is 9.55 Å². The highest BCUT2D eigenvalue weighted by atomic mass is 19.1. The van der Waals surface area contributed by atoms with Gasteiger partial charge in [-0.15, -0.1) is 0 Å².